The van der Waals surface area contributed by atoms with Gasteiger partial charge in [-0.05, 0) is 48.5 Å². The molecular weight excluding hydrogens is 323 g/mol. The zero-order valence-corrected chi connectivity index (χ0v) is 13.3. The van der Waals surface area contributed by atoms with Crippen LogP contribution in [-0.2, 0) is 0 Å². The number of Topliss-reactive ketones (excluding diaryl/α,β-unsaturated/α-hetero) is 2. The highest BCUT2D eigenvalue weighted by atomic mass is 35.5. The summed E-state index contributed by atoms with van der Waals surface area (Å²) in [5, 5.41) is -3.18. The van der Waals surface area contributed by atoms with Gasteiger partial charge < -0.3 is 9.47 Å². The van der Waals surface area contributed by atoms with Crippen molar-refractivity contribution in [3.8, 4) is 11.5 Å². The largest absolute Gasteiger partial charge is 0.497 e. The number of hydrogen-bond acceptors (Lipinski definition) is 4. The molecule has 2 aromatic carbocycles. The summed E-state index contributed by atoms with van der Waals surface area (Å²) in [6, 6.07) is 11.3. The second-order valence-electron chi connectivity index (χ2n) is 4.69. The zero-order valence-electron chi connectivity index (χ0n) is 12.5. The lowest BCUT2D eigenvalue weighted by Crippen LogP contribution is -2.36. The van der Waals surface area contributed by atoms with Crippen molar-refractivity contribution in [3.05, 3.63) is 59.7 Å². The summed E-state index contributed by atoms with van der Waals surface area (Å²) >= 11 is 5.63. The molecule has 0 saturated heterocycles. The topological polar surface area (TPSA) is 52.6 Å². The molecule has 6 heteroatoms. The third-order valence-electron chi connectivity index (χ3n) is 3.27. The van der Waals surface area contributed by atoms with Gasteiger partial charge in [0.15, 0.2) is 0 Å². The first-order valence-electron chi connectivity index (χ1n) is 6.65. The van der Waals surface area contributed by atoms with E-state index in [9.17, 15) is 14.0 Å². The van der Waals surface area contributed by atoms with E-state index in [2.05, 4.69) is 0 Å². The molecule has 120 valence electrons. The fourth-order valence-electron chi connectivity index (χ4n) is 1.95. The number of ether oxygens (including phenoxy) is 2. The van der Waals surface area contributed by atoms with E-state index < -0.39 is 16.7 Å². The van der Waals surface area contributed by atoms with Crippen LogP contribution in [0.4, 0.5) is 4.39 Å². The minimum atomic E-state index is -3.18. The monoisotopic (exact) mass is 336 g/mol. The number of methoxy groups -OCH3 is 2. The van der Waals surface area contributed by atoms with E-state index in [1.807, 2.05) is 0 Å². The number of benzene rings is 2. The third-order valence-corrected chi connectivity index (χ3v) is 3.62. The number of ketones is 2. The van der Waals surface area contributed by atoms with E-state index in [-0.39, 0.29) is 11.1 Å². The maximum atomic E-state index is 14.6. The van der Waals surface area contributed by atoms with Gasteiger partial charge >= 0.3 is 5.13 Å². The molecule has 0 aliphatic heterocycles. The van der Waals surface area contributed by atoms with E-state index in [1.165, 1.54) is 62.8 Å². The molecule has 0 aliphatic carbocycles. The molecule has 0 aliphatic rings. The van der Waals surface area contributed by atoms with Crippen LogP contribution in [-0.4, -0.2) is 30.9 Å². The SMILES string of the molecule is COc1ccc(C(=O)C(F)(Cl)C(=O)c2ccc(OC)cc2)cc1. The molecule has 0 aromatic heterocycles. The predicted molar refractivity (Wildman–Crippen MR) is 84.3 cm³/mol. The molecule has 23 heavy (non-hydrogen) atoms. The van der Waals surface area contributed by atoms with Crippen molar-refractivity contribution in [2.24, 2.45) is 0 Å². The fraction of sp³-hybridized carbons (Fsp3) is 0.176. The van der Waals surface area contributed by atoms with Gasteiger partial charge in [0.1, 0.15) is 11.5 Å². The second-order valence-corrected chi connectivity index (χ2v) is 5.21. The minimum absolute atomic E-state index is 0.0230. The molecule has 0 heterocycles. The van der Waals surface area contributed by atoms with Gasteiger partial charge in [0.05, 0.1) is 14.2 Å². The Morgan fingerprint density at radius 1 is 0.826 bits per heavy atom. The van der Waals surface area contributed by atoms with Gasteiger partial charge in [0, 0.05) is 11.1 Å². The van der Waals surface area contributed by atoms with Crippen molar-refractivity contribution >= 4 is 23.2 Å². The molecule has 2 rings (SSSR count). The molecule has 0 atom stereocenters. The predicted octanol–water partition coefficient (Wildman–Crippen LogP) is 3.67. The van der Waals surface area contributed by atoms with E-state index >= 15 is 0 Å². The van der Waals surface area contributed by atoms with Crippen LogP contribution >= 0.6 is 11.6 Å². The summed E-state index contributed by atoms with van der Waals surface area (Å²) in [6.07, 6.45) is 0. The third kappa shape index (κ3) is 3.51. The molecule has 0 fully saturated rings. The Balaban J connectivity index is 2.27. The molecule has 4 nitrogen and oxygen atoms in total. The molecule has 0 N–H and O–H groups in total. The van der Waals surface area contributed by atoms with Crippen LogP contribution in [0.2, 0.25) is 0 Å². The molecule has 0 bridgehead atoms. The van der Waals surface area contributed by atoms with Crippen LogP contribution < -0.4 is 9.47 Å². The normalized spacial score (nSPS) is 11.0. The van der Waals surface area contributed by atoms with E-state index in [0.29, 0.717) is 11.5 Å². The quantitative estimate of drug-likeness (QED) is 0.459. The van der Waals surface area contributed by atoms with Gasteiger partial charge in [0.25, 0.3) is 0 Å². The van der Waals surface area contributed by atoms with Crippen molar-refractivity contribution in [1.29, 1.82) is 0 Å². The first-order valence-corrected chi connectivity index (χ1v) is 7.03. The van der Waals surface area contributed by atoms with Crippen molar-refractivity contribution in [3.63, 3.8) is 0 Å². The molecule has 0 unspecified atom stereocenters. The Kier molecular flexibility index (Phi) is 5.01. The molecule has 0 amide bonds. The highest BCUT2D eigenvalue weighted by molar-refractivity contribution is 6.49. The lowest BCUT2D eigenvalue weighted by Gasteiger charge is -2.16. The highest BCUT2D eigenvalue weighted by Gasteiger charge is 2.45. The standard InChI is InChI=1S/C17H14ClFO4/c1-22-13-7-3-11(4-8-13)15(20)17(18,19)16(21)12-5-9-14(23-2)10-6-12/h3-10H,1-2H3. The molecule has 0 saturated carbocycles. The van der Waals surface area contributed by atoms with E-state index in [1.54, 1.807) is 0 Å². The van der Waals surface area contributed by atoms with E-state index in [0.717, 1.165) is 0 Å². The van der Waals surface area contributed by atoms with Crippen molar-refractivity contribution in [2.75, 3.05) is 14.2 Å². The second kappa shape index (κ2) is 6.79. The van der Waals surface area contributed by atoms with Gasteiger partial charge in [-0.3, -0.25) is 9.59 Å². The average molecular weight is 337 g/mol. The van der Waals surface area contributed by atoms with Crippen molar-refractivity contribution in [1.82, 2.24) is 0 Å². The Hall–Kier alpha value is -2.40. The summed E-state index contributed by atoms with van der Waals surface area (Å²) in [7, 11) is 2.93. The average Bonchev–Trinajstić information content (AvgIpc) is 2.60. The maximum absolute atomic E-state index is 14.6. The fourth-order valence-corrected chi connectivity index (χ4v) is 2.17. The lowest BCUT2D eigenvalue weighted by atomic mass is 9.99. The van der Waals surface area contributed by atoms with Gasteiger partial charge in [-0.25, -0.2) is 4.39 Å². The first kappa shape index (κ1) is 17.0. The number of hydrogen-bond donors (Lipinski definition) is 0. The molecule has 0 radical (unpaired) electrons. The minimum Gasteiger partial charge on any atom is -0.497 e. The summed E-state index contributed by atoms with van der Waals surface area (Å²) in [5.41, 5.74) is -0.0460. The van der Waals surface area contributed by atoms with Crippen molar-refractivity contribution < 1.29 is 23.5 Å². The van der Waals surface area contributed by atoms with Gasteiger partial charge in [-0.15, -0.1) is 0 Å². The van der Waals surface area contributed by atoms with Crippen molar-refractivity contribution in [2.45, 2.75) is 5.13 Å². The summed E-state index contributed by atoms with van der Waals surface area (Å²) in [4.78, 5) is 24.4. The Morgan fingerprint density at radius 2 is 1.13 bits per heavy atom. The lowest BCUT2D eigenvalue weighted by molar-refractivity contribution is 0.0704. The van der Waals surface area contributed by atoms with Crippen LogP contribution in [0.15, 0.2) is 48.5 Å². The Bertz CT molecular complexity index is 647. The maximum Gasteiger partial charge on any atom is 0.308 e. The number of alkyl halides is 2. The molecular formula is C17H14ClFO4. The number of carbonyl (C=O) groups is 2. The number of halogens is 2. The van der Waals surface area contributed by atoms with Crippen LogP contribution in [0, 0.1) is 0 Å². The zero-order chi connectivity index (χ0) is 17.0. The summed E-state index contributed by atoms with van der Waals surface area (Å²) in [6.45, 7) is 0. The Morgan fingerprint density at radius 3 is 1.39 bits per heavy atom. The summed E-state index contributed by atoms with van der Waals surface area (Å²) in [5.74, 6) is -1.24. The van der Waals surface area contributed by atoms with Crippen LogP contribution in [0.3, 0.4) is 0 Å². The molecule has 2 aromatic rings. The van der Waals surface area contributed by atoms with Gasteiger partial charge in [0.2, 0.25) is 11.6 Å². The molecule has 0 spiro atoms. The van der Waals surface area contributed by atoms with E-state index in [4.69, 9.17) is 21.1 Å². The highest BCUT2D eigenvalue weighted by Crippen LogP contribution is 2.29. The van der Waals surface area contributed by atoms with Gasteiger partial charge in [-0.2, -0.15) is 0 Å². The van der Waals surface area contributed by atoms with Crippen LogP contribution in [0.25, 0.3) is 0 Å². The smallest absolute Gasteiger partial charge is 0.308 e. The van der Waals surface area contributed by atoms with Gasteiger partial charge in [-0.1, -0.05) is 11.6 Å². The Labute approximate surface area is 137 Å². The summed E-state index contributed by atoms with van der Waals surface area (Å²) < 4.78 is 24.5. The number of carbonyl (C=O) groups excluding carboxylic acids is 2. The first-order chi connectivity index (χ1) is 10.9. The van der Waals surface area contributed by atoms with Crippen LogP contribution in [0.1, 0.15) is 20.7 Å². The van der Waals surface area contributed by atoms with Crippen LogP contribution in [0.5, 0.6) is 11.5 Å². The number of rotatable bonds is 6.